The van der Waals surface area contributed by atoms with E-state index in [-0.39, 0.29) is 17.2 Å². The maximum absolute atomic E-state index is 11.3. The van der Waals surface area contributed by atoms with E-state index in [9.17, 15) is 14.9 Å². The lowest BCUT2D eigenvalue weighted by Crippen LogP contribution is -2.34. The van der Waals surface area contributed by atoms with Gasteiger partial charge in [0.05, 0.1) is 11.5 Å². The highest BCUT2D eigenvalue weighted by molar-refractivity contribution is 5.82. The summed E-state index contributed by atoms with van der Waals surface area (Å²) in [4.78, 5) is 24.0. The molecular formula is C13H16N2O4. The first-order valence-corrected chi connectivity index (χ1v) is 6.30. The van der Waals surface area contributed by atoms with E-state index in [1.165, 1.54) is 0 Å². The number of para-hydroxylation sites is 1. The molecule has 6 heteroatoms. The van der Waals surface area contributed by atoms with E-state index in [2.05, 4.69) is 0 Å². The summed E-state index contributed by atoms with van der Waals surface area (Å²) in [6, 6.07) is 5.04. The summed E-state index contributed by atoms with van der Waals surface area (Å²) < 4.78 is 5.32. The molecule has 2 rings (SSSR count). The first-order chi connectivity index (χ1) is 9.13. The third-order valence-corrected chi connectivity index (χ3v) is 3.12. The Morgan fingerprint density at radius 3 is 2.63 bits per heavy atom. The monoisotopic (exact) mass is 264 g/mol. The number of nitro groups is 1. The number of carbonyl (C=O) groups excluding carboxylic acids is 1. The molecular weight excluding hydrogens is 248 g/mol. The molecule has 0 unspecified atom stereocenters. The van der Waals surface area contributed by atoms with Gasteiger partial charge in [-0.15, -0.1) is 0 Å². The normalized spacial score (nSPS) is 15.4. The van der Waals surface area contributed by atoms with Crippen LogP contribution < -0.4 is 9.64 Å². The molecule has 0 radical (unpaired) electrons. The van der Waals surface area contributed by atoms with Gasteiger partial charge in [0, 0.05) is 25.9 Å². The second-order valence-corrected chi connectivity index (χ2v) is 4.34. The molecule has 0 bridgehead atoms. The molecule has 0 atom stereocenters. The Morgan fingerprint density at radius 2 is 2.05 bits per heavy atom. The summed E-state index contributed by atoms with van der Waals surface area (Å²) in [6.07, 6.45) is 0.881. The highest BCUT2D eigenvalue weighted by Gasteiger charge is 2.27. The Bertz CT molecular complexity index is 491. The van der Waals surface area contributed by atoms with Crippen LogP contribution in [0.25, 0.3) is 0 Å². The van der Waals surface area contributed by atoms with Gasteiger partial charge in [-0.2, -0.15) is 0 Å². The van der Waals surface area contributed by atoms with Crippen molar-refractivity contribution in [1.82, 2.24) is 0 Å². The fraction of sp³-hybridized carbons (Fsp3) is 0.462. The highest BCUT2D eigenvalue weighted by Crippen LogP contribution is 2.37. The van der Waals surface area contributed by atoms with Crippen LogP contribution in [0.2, 0.25) is 0 Å². The Labute approximate surface area is 111 Å². The smallest absolute Gasteiger partial charge is 0.333 e. The van der Waals surface area contributed by atoms with Crippen molar-refractivity contribution in [2.45, 2.75) is 19.8 Å². The van der Waals surface area contributed by atoms with Gasteiger partial charge in [0.25, 0.3) is 0 Å². The zero-order valence-corrected chi connectivity index (χ0v) is 10.8. The SMILES string of the molecule is CCOc1cccc(N2CCC(=O)CC2)c1[N+](=O)[O-]. The minimum atomic E-state index is -0.420. The molecule has 1 aromatic rings. The van der Waals surface area contributed by atoms with Gasteiger partial charge in [-0.25, -0.2) is 0 Å². The van der Waals surface area contributed by atoms with Gasteiger partial charge in [-0.1, -0.05) is 6.07 Å². The zero-order chi connectivity index (χ0) is 13.8. The number of ketones is 1. The minimum absolute atomic E-state index is 0.0151. The maximum atomic E-state index is 11.3. The van der Waals surface area contributed by atoms with E-state index in [1.807, 2.05) is 4.90 Å². The molecule has 1 aliphatic heterocycles. The molecule has 0 saturated carbocycles. The number of piperidine rings is 1. The predicted octanol–water partition coefficient (Wildman–Crippen LogP) is 2.16. The number of nitrogens with zero attached hydrogens (tertiary/aromatic N) is 2. The number of hydrogen-bond donors (Lipinski definition) is 0. The summed E-state index contributed by atoms with van der Waals surface area (Å²) in [6.45, 7) is 3.21. The third-order valence-electron chi connectivity index (χ3n) is 3.12. The first-order valence-electron chi connectivity index (χ1n) is 6.30. The molecule has 0 aliphatic carbocycles. The average molecular weight is 264 g/mol. The van der Waals surface area contributed by atoms with Crippen molar-refractivity contribution < 1.29 is 14.5 Å². The fourth-order valence-corrected chi connectivity index (χ4v) is 2.22. The lowest BCUT2D eigenvalue weighted by molar-refractivity contribution is -0.385. The second kappa shape index (κ2) is 5.69. The Balaban J connectivity index is 2.36. The molecule has 1 saturated heterocycles. The molecule has 0 N–H and O–H groups in total. The quantitative estimate of drug-likeness (QED) is 0.615. The van der Waals surface area contributed by atoms with E-state index >= 15 is 0 Å². The summed E-state index contributed by atoms with van der Waals surface area (Å²) in [7, 11) is 0. The van der Waals surface area contributed by atoms with Gasteiger partial charge >= 0.3 is 5.69 Å². The van der Waals surface area contributed by atoms with Gasteiger partial charge in [-0.3, -0.25) is 14.9 Å². The number of ether oxygens (including phenoxy) is 1. The fourth-order valence-electron chi connectivity index (χ4n) is 2.22. The molecule has 0 aromatic heterocycles. The van der Waals surface area contributed by atoms with Gasteiger partial charge in [0.1, 0.15) is 11.5 Å². The number of rotatable bonds is 4. The van der Waals surface area contributed by atoms with Gasteiger partial charge in [-0.05, 0) is 19.1 Å². The Morgan fingerprint density at radius 1 is 1.37 bits per heavy atom. The van der Waals surface area contributed by atoms with E-state index in [1.54, 1.807) is 25.1 Å². The van der Waals surface area contributed by atoms with Gasteiger partial charge < -0.3 is 9.64 Å². The molecule has 1 aliphatic rings. The van der Waals surface area contributed by atoms with Crippen LogP contribution in [0.5, 0.6) is 5.75 Å². The maximum Gasteiger partial charge on any atom is 0.333 e. The van der Waals surface area contributed by atoms with E-state index < -0.39 is 4.92 Å². The predicted molar refractivity (Wildman–Crippen MR) is 70.7 cm³/mol. The largest absolute Gasteiger partial charge is 0.487 e. The molecule has 102 valence electrons. The van der Waals surface area contributed by atoms with Crippen LogP contribution >= 0.6 is 0 Å². The van der Waals surface area contributed by atoms with Crippen molar-refractivity contribution in [3.05, 3.63) is 28.3 Å². The highest BCUT2D eigenvalue weighted by atomic mass is 16.6. The summed E-state index contributed by atoms with van der Waals surface area (Å²) in [5, 5.41) is 11.3. The van der Waals surface area contributed by atoms with Crippen LogP contribution in [-0.4, -0.2) is 30.4 Å². The molecule has 1 aromatic carbocycles. The number of nitro benzene ring substituents is 1. The number of anilines is 1. The van der Waals surface area contributed by atoms with Crippen molar-refractivity contribution in [2.75, 3.05) is 24.6 Å². The summed E-state index contributed by atoms with van der Waals surface area (Å²) >= 11 is 0. The van der Waals surface area contributed by atoms with Gasteiger partial charge in [0.2, 0.25) is 0 Å². The van der Waals surface area contributed by atoms with E-state index in [0.717, 1.165) is 0 Å². The molecule has 1 fully saturated rings. The van der Waals surface area contributed by atoms with E-state index in [0.29, 0.717) is 38.2 Å². The molecule has 19 heavy (non-hydrogen) atoms. The molecule has 6 nitrogen and oxygen atoms in total. The average Bonchev–Trinajstić information content (AvgIpc) is 2.39. The van der Waals surface area contributed by atoms with Crippen LogP contribution in [0.15, 0.2) is 18.2 Å². The second-order valence-electron chi connectivity index (χ2n) is 4.34. The number of benzene rings is 1. The first kappa shape index (κ1) is 13.3. The third kappa shape index (κ3) is 2.83. The van der Waals surface area contributed by atoms with Crippen LogP contribution in [0.3, 0.4) is 0 Å². The van der Waals surface area contributed by atoms with Crippen molar-refractivity contribution in [3.63, 3.8) is 0 Å². The lowest BCUT2D eigenvalue weighted by Gasteiger charge is -2.28. The molecule has 0 amide bonds. The van der Waals surface area contributed by atoms with Crippen molar-refractivity contribution in [2.24, 2.45) is 0 Å². The lowest BCUT2D eigenvalue weighted by atomic mass is 10.1. The van der Waals surface area contributed by atoms with Crippen LogP contribution in [0.1, 0.15) is 19.8 Å². The molecule has 0 spiro atoms. The molecule has 1 heterocycles. The van der Waals surface area contributed by atoms with Crippen molar-refractivity contribution in [1.29, 1.82) is 0 Å². The summed E-state index contributed by atoms with van der Waals surface area (Å²) in [5.41, 5.74) is 0.516. The number of hydrogen-bond acceptors (Lipinski definition) is 5. The number of carbonyl (C=O) groups is 1. The number of Topliss-reactive ketones (excluding diaryl/α,β-unsaturated/α-hetero) is 1. The summed E-state index contributed by atoms with van der Waals surface area (Å²) in [5.74, 6) is 0.488. The minimum Gasteiger partial charge on any atom is -0.487 e. The van der Waals surface area contributed by atoms with Gasteiger partial charge in [0.15, 0.2) is 5.75 Å². The Kier molecular flexibility index (Phi) is 3.99. The van der Waals surface area contributed by atoms with Crippen molar-refractivity contribution in [3.8, 4) is 5.75 Å². The Hall–Kier alpha value is -2.11. The van der Waals surface area contributed by atoms with Crippen LogP contribution in [0.4, 0.5) is 11.4 Å². The van der Waals surface area contributed by atoms with Crippen LogP contribution in [0, 0.1) is 10.1 Å². The standard InChI is InChI=1S/C13H16N2O4/c1-2-19-12-5-3-4-11(13(12)15(17)18)14-8-6-10(16)7-9-14/h3-5H,2,6-9H2,1H3. The topological polar surface area (TPSA) is 72.7 Å². The van der Waals surface area contributed by atoms with Crippen molar-refractivity contribution >= 4 is 17.2 Å². The van der Waals surface area contributed by atoms with E-state index in [4.69, 9.17) is 4.74 Å². The zero-order valence-electron chi connectivity index (χ0n) is 10.8. The van der Waals surface area contributed by atoms with Crippen LogP contribution in [-0.2, 0) is 4.79 Å².